The maximum atomic E-state index is 12.3. The molecule has 35 heavy (non-hydrogen) atoms. The predicted molar refractivity (Wildman–Crippen MR) is 134 cm³/mol. The van der Waals surface area contributed by atoms with E-state index < -0.39 is 0 Å². The summed E-state index contributed by atoms with van der Waals surface area (Å²) in [5.74, 6) is 1.84. The molecule has 1 amide bonds. The first-order valence-electron chi connectivity index (χ1n) is 12.2. The fourth-order valence-electron chi connectivity index (χ4n) is 5.39. The first-order valence-corrected chi connectivity index (χ1v) is 12.2. The van der Waals surface area contributed by atoms with Crippen molar-refractivity contribution >= 4 is 45.1 Å². The number of hydrogen-bond donors (Lipinski definition) is 2. The lowest BCUT2D eigenvalue weighted by molar-refractivity contribution is -0.117. The highest BCUT2D eigenvalue weighted by molar-refractivity contribution is 6.03. The zero-order valence-electron chi connectivity index (χ0n) is 19.5. The predicted octanol–water partition coefficient (Wildman–Crippen LogP) is 4.20. The van der Waals surface area contributed by atoms with Crippen molar-refractivity contribution in [3.63, 3.8) is 0 Å². The standard InChI is InChI=1S/C26H26N6O3/c1-27-24-19-10-28-23(31-25(33)14-2-3-14)9-18(19)20(11-29-24)26-30-21-8-15(6-7-22(21)35-26)32-16-4-5-17(32)13-34-12-16/h6-11,14,16-17H,2-5,12-13H2,1H3,(H,27,29)(H,28,31,33). The Morgan fingerprint density at radius 2 is 1.86 bits per heavy atom. The number of nitrogens with one attached hydrogen (secondary N) is 2. The Kier molecular flexibility index (Phi) is 4.66. The highest BCUT2D eigenvalue weighted by Crippen LogP contribution is 2.38. The molecule has 0 spiro atoms. The monoisotopic (exact) mass is 470 g/mol. The number of fused-ring (bicyclic) bond motifs is 4. The average Bonchev–Trinajstić information content (AvgIpc) is 3.60. The molecule has 7 rings (SSSR count). The number of rotatable bonds is 5. The number of oxazole rings is 1. The second-order valence-corrected chi connectivity index (χ2v) is 9.65. The van der Waals surface area contributed by atoms with Crippen molar-refractivity contribution in [3.05, 3.63) is 36.7 Å². The molecule has 2 unspecified atom stereocenters. The smallest absolute Gasteiger partial charge is 0.229 e. The number of nitrogens with zero attached hydrogens (tertiary/aromatic N) is 4. The Balaban J connectivity index is 1.29. The highest BCUT2D eigenvalue weighted by atomic mass is 16.5. The molecule has 1 aliphatic carbocycles. The lowest BCUT2D eigenvalue weighted by Crippen LogP contribution is -2.45. The molecule has 5 heterocycles. The summed E-state index contributed by atoms with van der Waals surface area (Å²) < 4.78 is 11.9. The van der Waals surface area contributed by atoms with Gasteiger partial charge in [-0.2, -0.15) is 0 Å². The van der Waals surface area contributed by atoms with Crippen LogP contribution < -0.4 is 15.5 Å². The van der Waals surface area contributed by atoms with Gasteiger partial charge in [0.05, 0.1) is 30.9 Å². The summed E-state index contributed by atoms with van der Waals surface area (Å²) in [6.45, 7) is 1.56. The summed E-state index contributed by atoms with van der Waals surface area (Å²) in [5.41, 5.74) is 3.46. The topological polar surface area (TPSA) is 105 Å². The van der Waals surface area contributed by atoms with Crippen LogP contribution in [0.3, 0.4) is 0 Å². The molecule has 3 fully saturated rings. The third-order valence-electron chi connectivity index (χ3n) is 7.35. The van der Waals surface area contributed by atoms with Gasteiger partial charge in [0, 0.05) is 41.8 Å². The summed E-state index contributed by atoms with van der Waals surface area (Å²) >= 11 is 0. The van der Waals surface area contributed by atoms with Gasteiger partial charge in [-0.25, -0.2) is 15.0 Å². The molecular formula is C26H26N6O3. The second kappa shape index (κ2) is 7.91. The van der Waals surface area contributed by atoms with Gasteiger partial charge < -0.3 is 24.7 Å². The summed E-state index contributed by atoms with van der Waals surface area (Å²) in [7, 11) is 1.82. The maximum Gasteiger partial charge on any atom is 0.229 e. The molecule has 0 radical (unpaired) electrons. The van der Waals surface area contributed by atoms with Crippen LogP contribution in [-0.2, 0) is 9.53 Å². The van der Waals surface area contributed by atoms with Crippen LogP contribution in [-0.4, -0.2) is 53.2 Å². The van der Waals surface area contributed by atoms with Crippen molar-refractivity contribution in [1.29, 1.82) is 0 Å². The molecule has 3 aromatic heterocycles. The van der Waals surface area contributed by atoms with E-state index in [1.807, 2.05) is 19.2 Å². The molecule has 2 aliphatic heterocycles. The van der Waals surface area contributed by atoms with E-state index in [4.69, 9.17) is 14.1 Å². The minimum atomic E-state index is 0.0211. The van der Waals surface area contributed by atoms with Gasteiger partial charge in [-0.1, -0.05) is 0 Å². The maximum absolute atomic E-state index is 12.3. The van der Waals surface area contributed by atoms with Gasteiger partial charge >= 0.3 is 0 Å². The zero-order chi connectivity index (χ0) is 23.5. The first-order chi connectivity index (χ1) is 17.2. The molecule has 2 atom stereocenters. The number of amides is 1. The number of morpholine rings is 1. The zero-order valence-corrected chi connectivity index (χ0v) is 19.5. The molecule has 1 aromatic carbocycles. The highest BCUT2D eigenvalue weighted by Gasteiger charge is 2.37. The molecule has 2 bridgehead atoms. The molecule has 9 heteroatoms. The molecule has 3 aliphatic rings. The van der Waals surface area contributed by atoms with Gasteiger partial charge in [-0.15, -0.1) is 0 Å². The van der Waals surface area contributed by atoms with Crippen molar-refractivity contribution < 1.29 is 13.9 Å². The van der Waals surface area contributed by atoms with Gasteiger partial charge in [0.2, 0.25) is 11.8 Å². The van der Waals surface area contributed by atoms with Crippen molar-refractivity contribution in [2.24, 2.45) is 5.92 Å². The Morgan fingerprint density at radius 1 is 1.03 bits per heavy atom. The Labute approximate surface area is 201 Å². The minimum absolute atomic E-state index is 0.0211. The molecule has 2 saturated heterocycles. The SMILES string of the molecule is CNc1ncc(-c2nc3cc(N4C5CCC4COC5)ccc3o2)c2cc(NC(=O)C3CC3)ncc12. The van der Waals surface area contributed by atoms with E-state index in [0.717, 1.165) is 72.0 Å². The van der Waals surface area contributed by atoms with Crippen LogP contribution in [0, 0.1) is 5.92 Å². The van der Waals surface area contributed by atoms with Crippen molar-refractivity contribution in [2.75, 3.05) is 35.8 Å². The van der Waals surface area contributed by atoms with Gasteiger partial charge in [0.1, 0.15) is 17.2 Å². The number of aromatic nitrogens is 3. The van der Waals surface area contributed by atoms with Gasteiger partial charge in [-0.3, -0.25) is 4.79 Å². The number of pyridine rings is 2. The third-order valence-corrected chi connectivity index (χ3v) is 7.35. The third kappa shape index (κ3) is 3.49. The fourth-order valence-corrected chi connectivity index (χ4v) is 5.39. The van der Waals surface area contributed by atoms with Crippen LogP contribution in [0.2, 0.25) is 0 Å². The summed E-state index contributed by atoms with van der Waals surface area (Å²) in [4.78, 5) is 28.6. The van der Waals surface area contributed by atoms with Crippen molar-refractivity contribution in [1.82, 2.24) is 15.0 Å². The Hall–Kier alpha value is -3.72. The Bertz CT molecular complexity index is 1450. The second-order valence-electron chi connectivity index (χ2n) is 9.65. The molecule has 1 saturated carbocycles. The van der Waals surface area contributed by atoms with Crippen molar-refractivity contribution in [3.8, 4) is 11.5 Å². The van der Waals surface area contributed by atoms with Crippen LogP contribution in [0.15, 0.2) is 41.1 Å². The van der Waals surface area contributed by atoms with Gasteiger partial charge in [-0.05, 0) is 49.9 Å². The van der Waals surface area contributed by atoms with Crippen LogP contribution in [0.1, 0.15) is 25.7 Å². The van der Waals surface area contributed by atoms with E-state index in [2.05, 4.69) is 37.6 Å². The molecule has 9 nitrogen and oxygen atoms in total. The number of carbonyl (C=O) groups excluding carboxylic acids is 1. The Morgan fingerprint density at radius 3 is 2.63 bits per heavy atom. The summed E-state index contributed by atoms with van der Waals surface area (Å²) in [6, 6.07) is 8.95. The van der Waals surface area contributed by atoms with E-state index in [1.54, 1.807) is 12.4 Å². The molecular weight excluding hydrogens is 444 g/mol. The van der Waals surface area contributed by atoms with E-state index in [9.17, 15) is 4.79 Å². The fraction of sp³-hybridized carbons (Fsp3) is 0.385. The van der Waals surface area contributed by atoms with Crippen molar-refractivity contribution in [2.45, 2.75) is 37.8 Å². The average molecular weight is 471 g/mol. The van der Waals surface area contributed by atoms with Crippen LogP contribution in [0.25, 0.3) is 33.3 Å². The van der Waals surface area contributed by atoms with Gasteiger partial charge in [0.15, 0.2) is 5.58 Å². The first kappa shape index (κ1) is 20.6. The molecule has 178 valence electrons. The normalized spacial score (nSPS) is 21.6. The van der Waals surface area contributed by atoms with Crippen LogP contribution in [0.4, 0.5) is 17.3 Å². The largest absolute Gasteiger partial charge is 0.436 e. The van der Waals surface area contributed by atoms with E-state index in [-0.39, 0.29) is 11.8 Å². The molecule has 4 aromatic rings. The quantitative estimate of drug-likeness (QED) is 0.447. The van der Waals surface area contributed by atoms with E-state index >= 15 is 0 Å². The number of anilines is 3. The van der Waals surface area contributed by atoms with E-state index in [1.165, 1.54) is 0 Å². The number of carbonyl (C=O) groups is 1. The van der Waals surface area contributed by atoms with Crippen LogP contribution >= 0.6 is 0 Å². The van der Waals surface area contributed by atoms with E-state index in [0.29, 0.717) is 29.6 Å². The summed E-state index contributed by atoms with van der Waals surface area (Å²) in [6.07, 6.45) is 7.69. The molecule has 2 N–H and O–H groups in total. The number of hydrogen-bond acceptors (Lipinski definition) is 8. The minimum Gasteiger partial charge on any atom is -0.436 e. The van der Waals surface area contributed by atoms with Crippen LogP contribution in [0.5, 0.6) is 0 Å². The lowest BCUT2D eigenvalue weighted by Gasteiger charge is -2.36. The number of ether oxygens (including phenoxy) is 1. The lowest BCUT2D eigenvalue weighted by atomic mass is 10.1. The number of benzene rings is 1. The van der Waals surface area contributed by atoms with Gasteiger partial charge in [0.25, 0.3) is 0 Å². The summed E-state index contributed by atoms with van der Waals surface area (Å²) in [5, 5.41) is 7.76.